The molecule has 5 nitrogen and oxygen atoms in total. The van der Waals surface area contributed by atoms with E-state index in [1.807, 2.05) is 24.3 Å². The standard InChI is InChI=1S/C15H19N3O2/c19-9-8-10-4-3-7-12(10)16-15(20)14-11-5-1-2-6-13(11)17-18-14/h1-2,5-6,10,12,19H,3-4,7-9H2,(H,16,20)(H,17,18). The first kappa shape index (κ1) is 13.1. The number of para-hydroxylation sites is 1. The Morgan fingerprint density at radius 2 is 2.25 bits per heavy atom. The predicted molar refractivity (Wildman–Crippen MR) is 76.4 cm³/mol. The highest BCUT2D eigenvalue weighted by Gasteiger charge is 2.29. The minimum Gasteiger partial charge on any atom is -0.396 e. The summed E-state index contributed by atoms with van der Waals surface area (Å²) in [7, 11) is 0. The van der Waals surface area contributed by atoms with Gasteiger partial charge in [0.25, 0.3) is 5.91 Å². The van der Waals surface area contributed by atoms with E-state index >= 15 is 0 Å². The van der Waals surface area contributed by atoms with Crippen LogP contribution in [0.2, 0.25) is 0 Å². The molecule has 0 radical (unpaired) electrons. The number of H-pyrrole nitrogens is 1. The number of carbonyl (C=O) groups excluding carboxylic acids is 1. The molecule has 0 spiro atoms. The second-order valence-corrected chi connectivity index (χ2v) is 5.40. The summed E-state index contributed by atoms with van der Waals surface area (Å²) in [4.78, 5) is 12.4. The SMILES string of the molecule is O=C(NC1CCCC1CCO)c1n[nH]c2ccccc12. The molecule has 1 fully saturated rings. The average Bonchev–Trinajstić information content (AvgIpc) is 3.06. The molecule has 0 aliphatic heterocycles. The molecule has 0 saturated heterocycles. The van der Waals surface area contributed by atoms with Crippen LogP contribution in [0.3, 0.4) is 0 Å². The zero-order chi connectivity index (χ0) is 13.9. The molecule has 1 aliphatic rings. The number of nitrogens with zero attached hydrogens (tertiary/aromatic N) is 1. The lowest BCUT2D eigenvalue weighted by Crippen LogP contribution is -2.37. The predicted octanol–water partition coefficient (Wildman–Crippen LogP) is 1.84. The van der Waals surface area contributed by atoms with E-state index in [1.54, 1.807) is 0 Å². The third-order valence-corrected chi connectivity index (χ3v) is 4.16. The van der Waals surface area contributed by atoms with Gasteiger partial charge in [0.1, 0.15) is 0 Å². The van der Waals surface area contributed by atoms with E-state index in [0.717, 1.165) is 36.6 Å². The second kappa shape index (κ2) is 5.63. The second-order valence-electron chi connectivity index (χ2n) is 5.40. The number of fused-ring (bicyclic) bond motifs is 1. The number of rotatable bonds is 4. The summed E-state index contributed by atoms with van der Waals surface area (Å²) < 4.78 is 0. The molecule has 1 amide bonds. The fraction of sp³-hybridized carbons (Fsp3) is 0.467. The molecule has 1 aromatic heterocycles. The number of aromatic amines is 1. The van der Waals surface area contributed by atoms with E-state index in [4.69, 9.17) is 5.11 Å². The van der Waals surface area contributed by atoms with Crippen molar-refractivity contribution in [3.8, 4) is 0 Å². The molecule has 1 heterocycles. The topological polar surface area (TPSA) is 78.0 Å². The third kappa shape index (κ3) is 2.41. The Kier molecular flexibility index (Phi) is 3.69. The molecule has 1 saturated carbocycles. The van der Waals surface area contributed by atoms with Crippen LogP contribution >= 0.6 is 0 Å². The first-order chi connectivity index (χ1) is 9.79. The van der Waals surface area contributed by atoms with E-state index in [1.165, 1.54) is 0 Å². The Balaban J connectivity index is 1.76. The maximum Gasteiger partial charge on any atom is 0.272 e. The molecule has 20 heavy (non-hydrogen) atoms. The third-order valence-electron chi connectivity index (χ3n) is 4.16. The monoisotopic (exact) mass is 273 g/mol. The van der Waals surface area contributed by atoms with E-state index in [9.17, 15) is 4.79 Å². The largest absolute Gasteiger partial charge is 0.396 e. The van der Waals surface area contributed by atoms with Crippen LogP contribution in [0.25, 0.3) is 10.9 Å². The van der Waals surface area contributed by atoms with Crippen molar-refractivity contribution in [3.05, 3.63) is 30.0 Å². The normalized spacial score (nSPS) is 22.2. The zero-order valence-electron chi connectivity index (χ0n) is 11.3. The number of hydrogen-bond donors (Lipinski definition) is 3. The fourth-order valence-corrected chi connectivity index (χ4v) is 3.11. The van der Waals surface area contributed by atoms with Crippen LogP contribution in [0.5, 0.6) is 0 Å². The number of aliphatic hydroxyl groups is 1. The Bertz CT molecular complexity index is 608. The van der Waals surface area contributed by atoms with Crippen LogP contribution < -0.4 is 5.32 Å². The highest BCUT2D eigenvalue weighted by atomic mass is 16.3. The quantitative estimate of drug-likeness (QED) is 0.795. The summed E-state index contributed by atoms with van der Waals surface area (Å²) in [6.45, 7) is 0.183. The number of benzene rings is 1. The lowest BCUT2D eigenvalue weighted by molar-refractivity contribution is 0.0919. The molecule has 0 bridgehead atoms. The van der Waals surface area contributed by atoms with E-state index < -0.39 is 0 Å². The van der Waals surface area contributed by atoms with Gasteiger partial charge in [-0.15, -0.1) is 0 Å². The van der Waals surface area contributed by atoms with Gasteiger partial charge in [-0.1, -0.05) is 24.6 Å². The minimum atomic E-state index is -0.128. The summed E-state index contributed by atoms with van der Waals surface area (Å²) in [6, 6.07) is 7.77. The van der Waals surface area contributed by atoms with Gasteiger partial charge in [0, 0.05) is 18.0 Å². The Morgan fingerprint density at radius 3 is 3.10 bits per heavy atom. The first-order valence-electron chi connectivity index (χ1n) is 7.14. The molecule has 3 rings (SSSR count). The molecule has 1 aliphatic carbocycles. The van der Waals surface area contributed by atoms with Crippen molar-refractivity contribution in [1.82, 2.24) is 15.5 Å². The number of aromatic nitrogens is 2. The van der Waals surface area contributed by atoms with Gasteiger partial charge >= 0.3 is 0 Å². The Hall–Kier alpha value is -1.88. The Labute approximate surface area is 117 Å². The van der Waals surface area contributed by atoms with Crippen molar-refractivity contribution in [3.63, 3.8) is 0 Å². The van der Waals surface area contributed by atoms with E-state index in [-0.39, 0.29) is 18.6 Å². The number of hydrogen-bond acceptors (Lipinski definition) is 3. The molecule has 5 heteroatoms. The van der Waals surface area contributed by atoms with Crippen LogP contribution in [-0.2, 0) is 0 Å². The first-order valence-corrected chi connectivity index (χ1v) is 7.14. The van der Waals surface area contributed by atoms with Gasteiger partial charge in [0.15, 0.2) is 5.69 Å². The maximum atomic E-state index is 12.4. The molecule has 2 unspecified atom stereocenters. The van der Waals surface area contributed by atoms with Gasteiger partial charge < -0.3 is 10.4 Å². The molecule has 2 aromatic rings. The van der Waals surface area contributed by atoms with Crippen molar-refractivity contribution in [2.24, 2.45) is 5.92 Å². The lowest BCUT2D eigenvalue weighted by atomic mass is 10.00. The van der Waals surface area contributed by atoms with Crippen molar-refractivity contribution in [2.75, 3.05) is 6.61 Å². The van der Waals surface area contributed by atoms with Crippen LogP contribution in [0.1, 0.15) is 36.2 Å². The van der Waals surface area contributed by atoms with E-state index in [2.05, 4.69) is 15.5 Å². The van der Waals surface area contributed by atoms with Crippen LogP contribution in [0.4, 0.5) is 0 Å². The average molecular weight is 273 g/mol. The summed E-state index contributed by atoms with van der Waals surface area (Å²) in [5.74, 6) is 0.256. The Morgan fingerprint density at radius 1 is 1.40 bits per heavy atom. The van der Waals surface area contributed by atoms with Gasteiger partial charge in [-0.25, -0.2) is 0 Å². The molecule has 3 N–H and O–H groups in total. The summed E-state index contributed by atoms with van der Waals surface area (Å²) in [5.41, 5.74) is 1.33. The van der Waals surface area contributed by atoms with Crippen molar-refractivity contribution >= 4 is 16.8 Å². The van der Waals surface area contributed by atoms with E-state index in [0.29, 0.717) is 11.6 Å². The van der Waals surface area contributed by atoms with Gasteiger partial charge in [-0.05, 0) is 31.2 Å². The number of aliphatic hydroxyl groups excluding tert-OH is 1. The van der Waals surface area contributed by atoms with Crippen LogP contribution in [0.15, 0.2) is 24.3 Å². The fourth-order valence-electron chi connectivity index (χ4n) is 3.11. The van der Waals surface area contributed by atoms with Crippen LogP contribution in [0, 0.1) is 5.92 Å². The van der Waals surface area contributed by atoms with Crippen LogP contribution in [-0.4, -0.2) is 33.9 Å². The van der Waals surface area contributed by atoms with Gasteiger partial charge in [-0.3, -0.25) is 9.89 Å². The van der Waals surface area contributed by atoms with Gasteiger partial charge in [-0.2, -0.15) is 5.10 Å². The highest BCUT2D eigenvalue weighted by molar-refractivity contribution is 6.04. The highest BCUT2D eigenvalue weighted by Crippen LogP contribution is 2.28. The number of nitrogens with one attached hydrogen (secondary N) is 2. The molecule has 1 aromatic carbocycles. The van der Waals surface area contributed by atoms with Gasteiger partial charge in [0.05, 0.1) is 5.52 Å². The molecular formula is C15H19N3O2. The number of amides is 1. The summed E-state index contributed by atoms with van der Waals surface area (Å²) in [5, 5.41) is 20.0. The smallest absolute Gasteiger partial charge is 0.272 e. The van der Waals surface area contributed by atoms with Gasteiger partial charge in [0.2, 0.25) is 0 Å². The molecule has 2 atom stereocenters. The maximum absolute atomic E-state index is 12.4. The zero-order valence-corrected chi connectivity index (χ0v) is 11.3. The minimum absolute atomic E-state index is 0.128. The molecule has 106 valence electrons. The summed E-state index contributed by atoms with van der Waals surface area (Å²) in [6.07, 6.45) is 3.93. The van der Waals surface area contributed by atoms with Crippen molar-refractivity contribution in [2.45, 2.75) is 31.7 Å². The van der Waals surface area contributed by atoms with Crippen molar-refractivity contribution in [1.29, 1.82) is 0 Å². The lowest BCUT2D eigenvalue weighted by Gasteiger charge is -2.19. The molecular weight excluding hydrogens is 254 g/mol. The number of carbonyl (C=O) groups is 1. The van der Waals surface area contributed by atoms with Crippen molar-refractivity contribution < 1.29 is 9.90 Å². The summed E-state index contributed by atoms with van der Waals surface area (Å²) >= 11 is 0.